The van der Waals surface area contributed by atoms with Crippen LogP contribution in [-0.4, -0.2) is 19.8 Å². The molecular weight excluding hydrogens is 306 g/mol. The molecule has 3 rings (SSSR count). The molecule has 4 heteroatoms. The Bertz CT molecular complexity index is 492. The Hall–Kier alpha value is -0.740. The standard InChI is InChI=1S/C15H20BrNO2/c1-2-10-13(15(9-17)4-3-5-15)11(16)8-12-14(10)19-7-6-18-12/h8H,2-7,9,17H2,1H3. The predicted molar refractivity (Wildman–Crippen MR) is 79.1 cm³/mol. The van der Waals surface area contributed by atoms with E-state index >= 15 is 0 Å². The molecule has 0 spiro atoms. The Morgan fingerprint density at radius 2 is 2.05 bits per heavy atom. The van der Waals surface area contributed by atoms with Crippen LogP contribution in [0.5, 0.6) is 11.5 Å². The fourth-order valence-electron chi connectivity index (χ4n) is 3.29. The molecule has 0 bridgehead atoms. The van der Waals surface area contributed by atoms with E-state index in [9.17, 15) is 0 Å². The third-order valence-electron chi connectivity index (χ3n) is 4.47. The lowest BCUT2D eigenvalue weighted by molar-refractivity contribution is 0.168. The second-order valence-electron chi connectivity index (χ2n) is 5.43. The first-order valence-electron chi connectivity index (χ1n) is 7.03. The Kier molecular flexibility index (Phi) is 3.48. The minimum absolute atomic E-state index is 0.139. The van der Waals surface area contributed by atoms with Crippen molar-refractivity contribution in [3.8, 4) is 11.5 Å². The van der Waals surface area contributed by atoms with Gasteiger partial charge in [-0.25, -0.2) is 0 Å². The van der Waals surface area contributed by atoms with Crippen LogP contribution in [-0.2, 0) is 11.8 Å². The van der Waals surface area contributed by atoms with Gasteiger partial charge in [-0.05, 0) is 30.9 Å². The molecule has 1 aromatic rings. The van der Waals surface area contributed by atoms with Gasteiger partial charge in [-0.3, -0.25) is 0 Å². The molecular formula is C15H20BrNO2. The largest absolute Gasteiger partial charge is 0.486 e. The molecule has 0 saturated heterocycles. The predicted octanol–water partition coefficient (Wildman–Crippen LogP) is 3.16. The van der Waals surface area contributed by atoms with Crippen LogP contribution in [0.3, 0.4) is 0 Å². The first-order valence-corrected chi connectivity index (χ1v) is 7.82. The van der Waals surface area contributed by atoms with E-state index < -0.39 is 0 Å². The molecule has 2 aliphatic rings. The molecule has 3 nitrogen and oxygen atoms in total. The van der Waals surface area contributed by atoms with Crippen LogP contribution in [0.15, 0.2) is 10.5 Å². The molecule has 1 aliphatic carbocycles. The van der Waals surface area contributed by atoms with Gasteiger partial charge in [0, 0.05) is 22.0 Å². The third-order valence-corrected chi connectivity index (χ3v) is 5.09. The molecule has 1 heterocycles. The van der Waals surface area contributed by atoms with Gasteiger partial charge in [0.25, 0.3) is 0 Å². The Balaban J connectivity index is 2.18. The van der Waals surface area contributed by atoms with E-state index in [0.717, 1.165) is 22.4 Å². The van der Waals surface area contributed by atoms with E-state index in [1.54, 1.807) is 0 Å². The number of benzene rings is 1. The molecule has 104 valence electrons. The monoisotopic (exact) mass is 325 g/mol. The van der Waals surface area contributed by atoms with E-state index in [-0.39, 0.29) is 5.41 Å². The van der Waals surface area contributed by atoms with Crippen molar-refractivity contribution in [3.63, 3.8) is 0 Å². The average molecular weight is 326 g/mol. The minimum Gasteiger partial charge on any atom is -0.486 e. The van der Waals surface area contributed by atoms with Crippen LogP contribution in [0.25, 0.3) is 0 Å². The van der Waals surface area contributed by atoms with Gasteiger partial charge < -0.3 is 15.2 Å². The van der Waals surface area contributed by atoms with Crippen molar-refractivity contribution in [3.05, 3.63) is 21.7 Å². The lowest BCUT2D eigenvalue weighted by Gasteiger charge is -2.44. The molecule has 0 amide bonds. The fourth-order valence-corrected chi connectivity index (χ4v) is 4.16. The molecule has 1 aliphatic heterocycles. The minimum atomic E-state index is 0.139. The van der Waals surface area contributed by atoms with Gasteiger partial charge in [0.15, 0.2) is 11.5 Å². The van der Waals surface area contributed by atoms with Gasteiger partial charge in [0.05, 0.1) is 0 Å². The van der Waals surface area contributed by atoms with E-state index in [2.05, 4.69) is 28.9 Å². The summed E-state index contributed by atoms with van der Waals surface area (Å²) in [6.07, 6.45) is 4.56. The van der Waals surface area contributed by atoms with Crippen molar-refractivity contribution in [2.24, 2.45) is 5.73 Å². The zero-order valence-corrected chi connectivity index (χ0v) is 12.9. The maximum atomic E-state index is 6.08. The zero-order valence-electron chi connectivity index (χ0n) is 11.3. The average Bonchev–Trinajstić information content (AvgIpc) is 2.38. The van der Waals surface area contributed by atoms with Gasteiger partial charge >= 0.3 is 0 Å². The molecule has 2 N–H and O–H groups in total. The summed E-state index contributed by atoms with van der Waals surface area (Å²) >= 11 is 3.73. The second kappa shape index (κ2) is 4.98. The Morgan fingerprint density at radius 3 is 2.63 bits per heavy atom. The molecule has 19 heavy (non-hydrogen) atoms. The summed E-state index contributed by atoms with van der Waals surface area (Å²) in [5.74, 6) is 1.80. The van der Waals surface area contributed by atoms with Crippen molar-refractivity contribution in [1.82, 2.24) is 0 Å². The maximum absolute atomic E-state index is 6.08. The summed E-state index contributed by atoms with van der Waals surface area (Å²) in [7, 11) is 0. The number of hydrogen-bond acceptors (Lipinski definition) is 3. The SMILES string of the molecule is CCc1c2c(cc(Br)c1C1(CN)CCC1)OCCO2. The topological polar surface area (TPSA) is 44.5 Å². The lowest BCUT2D eigenvalue weighted by Crippen LogP contribution is -2.42. The van der Waals surface area contributed by atoms with Gasteiger partial charge in [-0.2, -0.15) is 0 Å². The maximum Gasteiger partial charge on any atom is 0.164 e. The third kappa shape index (κ3) is 1.96. The Labute approximate surface area is 122 Å². The molecule has 0 aromatic heterocycles. The van der Waals surface area contributed by atoms with E-state index in [0.29, 0.717) is 19.8 Å². The normalized spacial score (nSPS) is 19.9. The van der Waals surface area contributed by atoms with Gasteiger partial charge in [0.2, 0.25) is 0 Å². The molecule has 1 saturated carbocycles. The van der Waals surface area contributed by atoms with Crippen molar-refractivity contribution in [1.29, 1.82) is 0 Å². The molecule has 1 aromatic carbocycles. The zero-order chi connectivity index (χ0) is 13.5. The second-order valence-corrected chi connectivity index (χ2v) is 6.28. The summed E-state index contributed by atoms with van der Waals surface area (Å²) in [5, 5.41) is 0. The number of rotatable bonds is 3. The number of halogens is 1. The first kappa shape index (κ1) is 13.3. The van der Waals surface area contributed by atoms with Gasteiger partial charge in [-0.15, -0.1) is 0 Å². The first-order chi connectivity index (χ1) is 9.22. The highest BCUT2D eigenvalue weighted by Gasteiger charge is 2.41. The number of hydrogen-bond donors (Lipinski definition) is 1. The summed E-state index contributed by atoms with van der Waals surface area (Å²) < 4.78 is 12.7. The van der Waals surface area contributed by atoms with Crippen LogP contribution in [0.2, 0.25) is 0 Å². The van der Waals surface area contributed by atoms with Gasteiger partial charge in [-0.1, -0.05) is 29.3 Å². The van der Waals surface area contributed by atoms with Crippen molar-refractivity contribution >= 4 is 15.9 Å². The number of ether oxygens (including phenoxy) is 2. The smallest absolute Gasteiger partial charge is 0.164 e. The molecule has 0 unspecified atom stereocenters. The summed E-state index contributed by atoms with van der Waals surface area (Å²) in [6.45, 7) is 4.14. The number of fused-ring (bicyclic) bond motifs is 1. The highest BCUT2D eigenvalue weighted by atomic mass is 79.9. The lowest BCUT2D eigenvalue weighted by atomic mass is 9.63. The molecule has 0 radical (unpaired) electrons. The van der Waals surface area contributed by atoms with Crippen LogP contribution in [0, 0.1) is 0 Å². The Morgan fingerprint density at radius 1 is 1.32 bits per heavy atom. The van der Waals surface area contributed by atoms with E-state index in [4.69, 9.17) is 15.2 Å². The van der Waals surface area contributed by atoms with Crippen LogP contribution in [0.1, 0.15) is 37.3 Å². The summed E-state index contributed by atoms with van der Waals surface area (Å²) in [6, 6.07) is 2.05. The van der Waals surface area contributed by atoms with E-state index in [1.165, 1.54) is 30.4 Å². The van der Waals surface area contributed by atoms with Crippen LogP contribution < -0.4 is 15.2 Å². The van der Waals surface area contributed by atoms with Crippen molar-refractivity contribution < 1.29 is 9.47 Å². The highest BCUT2D eigenvalue weighted by molar-refractivity contribution is 9.10. The summed E-state index contributed by atoms with van der Waals surface area (Å²) in [5.41, 5.74) is 8.84. The quantitative estimate of drug-likeness (QED) is 0.928. The van der Waals surface area contributed by atoms with Crippen LogP contribution in [0.4, 0.5) is 0 Å². The van der Waals surface area contributed by atoms with Gasteiger partial charge in [0.1, 0.15) is 13.2 Å². The van der Waals surface area contributed by atoms with Crippen molar-refractivity contribution in [2.45, 2.75) is 38.0 Å². The fraction of sp³-hybridized carbons (Fsp3) is 0.600. The highest BCUT2D eigenvalue weighted by Crippen LogP contribution is 2.51. The van der Waals surface area contributed by atoms with E-state index in [1.807, 2.05) is 0 Å². The van der Waals surface area contributed by atoms with Crippen LogP contribution >= 0.6 is 15.9 Å². The number of nitrogens with two attached hydrogens (primary N) is 1. The molecule has 0 atom stereocenters. The summed E-state index contributed by atoms with van der Waals surface area (Å²) in [4.78, 5) is 0. The van der Waals surface area contributed by atoms with Crippen molar-refractivity contribution in [2.75, 3.05) is 19.8 Å². The molecule has 1 fully saturated rings.